The van der Waals surface area contributed by atoms with Gasteiger partial charge in [-0.05, 0) is 54.6 Å². The second-order valence-electron chi connectivity index (χ2n) is 5.71. The molecule has 4 aromatic rings. The summed E-state index contributed by atoms with van der Waals surface area (Å²) in [5, 5.41) is 0. The van der Waals surface area contributed by atoms with E-state index in [2.05, 4.69) is 15.0 Å². The molecule has 3 aromatic heterocycles. The number of halogens is 3. The van der Waals surface area contributed by atoms with Gasteiger partial charge in [-0.25, -0.2) is 4.98 Å². The Morgan fingerprint density at radius 3 is 2.22 bits per heavy atom. The van der Waals surface area contributed by atoms with E-state index < -0.39 is 11.7 Å². The zero-order valence-electron chi connectivity index (χ0n) is 13.8. The fraction of sp³-hybridized carbons (Fsp3) is 0.0500. The Hall–Kier alpha value is -3.48. The summed E-state index contributed by atoms with van der Waals surface area (Å²) in [5.41, 5.74) is 2.11. The summed E-state index contributed by atoms with van der Waals surface area (Å²) in [4.78, 5) is 12.9. The van der Waals surface area contributed by atoms with Crippen LogP contribution in [0.3, 0.4) is 0 Å². The van der Waals surface area contributed by atoms with E-state index >= 15 is 0 Å². The van der Waals surface area contributed by atoms with Crippen LogP contribution in [-0.4, -0.2) is 15.0 Å². The molecule has 134 valence electrons. The molecule has 0 saturated heterocycles. The summed E-state index contributed by atoms with van der Waals surface area (Å²) in [6.45, 7) is 0. The molecule has 1 aromatic carbocycles. The molecule has 7 heteroatoms. The van der Waals surface area contributed by atoms with Crippen LogP contribution in [0, 0.1) is 0 Å². The van der Waals surface area contributed by atoms with Gasteiger partial charge in [0.05, 0.1) is 16.6 Å². The van der Waals surface area contributed by atoms with Gasteiger partial charge in [0.1, 0.15) is 5.75 Å². The minimum absolute atomic E-state index is 0.259. The first-order valence-electron chi connectivity index (χ1n) is 8.02. The van der Waals surface area contributed by atoms with Crippen molar-refractivity contribution in [3.05, 3.63) is 78.8 Å². The van der Waals surface area contributed by atoms with Crippen LogP contribution < -0.4 is 4.74 Å². The number of alkyl halides is 3. The van der Waals surface area contributed by atoms with Crippen LogP contribution in [0.25, 0.3) is 22.2 Å². The Kier molecular flexibility index (Phi) is 4.19. The van der Waals surface area contributed by atoms with Crippen molar-refractivity contribution in [1.29, 1.82) is 0 Å². The highest BCUT2D eigenvalue weighted by Crippen LogP contribution is 2.35. The zero-order valence-corrected chi connectivity index (χ0v) is 13.8. The molecule has 0 aliphatic heterocycles. The quantitative estimate of drug-likeness (QED) is 0.479. The van der Waals surface area contributed by atoms with Crippen molar-refractivity contribution in [3.8, 4) is 22.8 Å². The van der Waals surface area contributed by atoms with E-state index in [-0.39, 0.29) is 11.6 Å². The lowest BCUT2D eigenvalue weighted by Crippen LogP contribution is -2.04. The molecule has 4 rings (SSSR count). The van der Waals surface area contributed by atoms with Crippen molar-refractivity contribution in [2.45, 2.75) is 6.18 Å². The number of rotatable bonds is 3. The molecule has 0 fully saturated rings. The van der Waals surface area contributed by atoms with Gasteiger partial charge in [-0.15, -0.1) is 0 Å². The maximum Gasteiger partial charge on any atom is 0.416 e. The maximum absolute atomic E-state index is 12.7. The molecule has 4 nitrogen and oxygen atoms in total. The lowest BCUT2D eigenvalue weighted by atomic mass is 10.1. The van der Waals surface area contributed by atoms with Gasteiger partial charge < -0.3 is 4.74 Å². The fourth-order valence-corrected chi connectivity index (χ4v) is 2.70. The lowest BCUT2D eigenvalue weighted by molar-refractivity contribution is -0.137. The minimum Gasteiger partial charge on any atom is -0.438 e. The third-order valence-electron chi connectivity index (χ3n) is 3.95. The predicted octanol–water partition coefficient (Wildman–Crippen LogP) is 5.50. The topological polar surface area (TPSA) is 47.9 Å². The fourth-order valence-electron chi connectivity index (χ4n) is 2.70. The standard InChI is InChI=1S/C20H12F3N3O/c21-20(22,23)13-5-7-14(8-6-13)27-19-16(3-1-11-26-19)15-9-12-24-17-4-2-10-25-18(15)17/h1-12H. The van der Waals surface area contributed by atoms with E-state index in [9.17, 15) is 13.2 Å². The van der Waals surface area contributed by atoms with Crippen molar-refractivity contribution in [1.82, 2.24) is 15.0 Å². The van der Waals surface area contributed by atoms with Gasteiger partial charge in [0.25, 0.3) is 0 Å². The molecule has 27 heavy (non-hydrogen) atoms. The molecule has 0 radical (unpaired) electrons. The number of pyridine rings is 3. The van der Waals surface area contributed by atoms with Gasteiger partial charge in [0.15, 0.2) is 0 Å². The summed E-state index contributed by atoms with van der Waals surface area (Å²) < 4.78 is 43.9. The first kappa shape index (κ1) is 17.0. The molecule has 0 aliphatic carbocycles. The largest absolute Gasteiger partial charge is 0.438 e. The number of hydrogen-bond donors (Lipinski definition) is 0. The van der Waals surface area contributed by atoms with E-state index in [0.717, 1.165) is 23.2 Å². The van der Waals surface area contributed by atoms with Crippen molar-refractivity contribution in [2.24, 2.45) is 0 Å². The average molecular weight is 367 g/mol. The van der Waals surface area contributed by atoms with E-state index in [4.69, 9.17) is 4.74 Å². The van der Waals surface area contributed by atoms with E-state index in [1.165, 1.54) is 12.1 Å². The lowest BCUT2D eigenvalue weighted by Gasteiger charge is -2.12. The number of fused-ring (bicyclic) bond motifs is 1. The molecule has 0 saturated carbocycles. The molecular weight excluding hydrogens is 355 g/mol. The Labute approximate surface area is 152 Å². The minimum atomic E-state index is -4.39. The molecule has 0 spiro atoms. The van der Waals surface area contributed by atoms with E-state index in [1.807, 2.05) is 12.1 Å². The summed E-state index contributed by atoms with van der Waals surface area (Å²) in [6.07, 6.45) is 0.491. The molecule has 0 unspecified atom stereocenters. The van der Waals surface area contributed by atoms with Crippen molar-refractivity contribution in [2.75, 3.05) is 0 Å². The van der Waals surface area contributed by atoms with Gasteiger partial charge in [-0.3, -0.25) is 9.97 Å². The number of nitrogens with zero attached hydrogens (tertiary/aromatic N) is 3. The van der Waals surface area contributed by atoms with Gasteiger partial charge in [0.2, 0.25) is 5.88 Å². The summed E-state index contributed by atoms with van der Waals surface area (Å²) in [6, 6.07) is 13.5. The van der Waals surface area contributed by atoms with Crippen molar-refractivity contribution >= 4 is 11.0 Å². The first-order chi connectivity index (χ1) is 13.0. The maximum atomic E-state index is 12.7. The highest BCUT2D eigenvalue weighted by molar-refractivity contribution is 5.92. The van der Waals surface area contributed by atoms with Gasteiger partial charge in [0, 0.05) is 29.7 Å². The van der Waals surface area contributed by atoms with E-state index in [1.54, 1.807) is 36.8 Å². The van der Waals surface area contributed by atoms with Gasteiger partial charge in [-0.1, -0.05) is 0 Å². The second-order valence-corrected chi connectivity index (χ2v) is 5.71. The Balaban J connectivity index is 1.74. The summed E-state index contributed by atoms with van der Waals surface area (Å²) in [5.74, 6) is 0.532. The first-order valence-corrected chi connectivity index (χ1v) is 8.02. The molecule has 0 N–H and O–H groups in total. The number of ether oxygens (including phenoxy) is 1. The third-order valence-corrected chi connectivity index (χ3v) is 3.95. The zero-order chi connectivity index (χ0) is 18.9. The smallest absolute Gasteiger partial charge is 0.416 e. The number of aromatic nitrogens is 3. The Bertz CT molecular complexity index is 1090. The van der Waals surface area contributed by atoms with Crippen molar-refractivity contribution < 1.29 is 17.9 Å². The van der Waals surface area contributed by atoms with Crippen LogP contribution in [-0.2, 0) is 6.18 Å². The normalized spacial score (nSPS) is 11.5. The molecule has 0 bridgehead atoms. The van der Waals surface area contributed by atoms with Crippen LogP contribution in [0.4, 0.5) is 13.2 Å². The molecule has 0 atom stereocenters. The van der Waals surface area contributed by atoms with Crippen molar-refractivity contribution in [3.63, 3.8) is 0 Å². The highest BCUT2D eigenvalue weighted by atomic mass is 19.4. The van der Waals surface area contributed by atoms with Gasteiger partial charge in [-0.2, -0.15) is 13.2 Å². The SMILES string of the molecule is FC(F)(F)c1ccc(Oc2ncccc2-c2ccnc3cccnc23)cc1. The predicted molar refractivity (Wildman–Crippen MR) is 94.3 cm³/mol. The van der Waals surface area contributed by atoms with Crippen LogP contribution in [0.2, 0.25) is 0 Å². The van der Waals surface area contributed by atoms with Crippen LogP contribution in [0.5, 0.6) is 11.6 Å². The van der Waals surface area contributed by atoms with E-state index in [0.29, 0.717) is 11.1 Å². The van der Waals surface area contributed by atoms with Crippen LogP contribution >= 0.6 is 0 Å². The summed E-state index contributed by atoms with van der Waals surface area (Å²) >= 11 is 0. The molecule has 3 heterocycles. The highest BCUT2D eigenvalue weighted by Gasteiger charge is 2.30. The number of benzene rings is 1. The van der Waals surface area contributed by atoms with Gasteiger partial charge >= 0.3 is 6.18 Å². The molecule has 0 amide bonds. The number of hydrogen-bond acceptors (Lipinski definition) is 4. The Morgan fingerprint density at radius 2 is 1.44 bits per heavy atom. The molecule has 0 aliphatic rings. The van der Waals surface area contributed by atoms with Crippen LogP contribution in [0.15, 0.2) is 73.2 Å². The second kappa shape index (κ2) is 6.68. The molecular formula is C20H12F3N3O. The third kappa shape index (κ3) is 3.44. The van der Waals surface area contributed by atoms with Crippen LogP contribution in [0.1, 0.15) is 5.56 Å². The summed E-state index contributed by atoms with van der Waals surface area (Å²) in [7, 11) is 0. The monoisotopic (exact) mass is 367 g/mol. The Morgan fingerprint density at radius 1 is 0.704 bits per heavy atom. The average Bonchev–Trinajstić information content (AvgIpc) is 2.68.